The summed E-state index contributed by atoms with van der Waals surface area (Å²) in [5.41, 5.74) is 8.07. The standard InChI is InChI=1S/C12H22N6/c13-12-16-10(8-11(17-12)18-14)15-7-6-9-4-2-1-3-5-9/h8-9H,1-7,14H2,(H4,13,15,16,17,18). The number of anilines is 3. The molecule has 0 aromatic carbocycles. The van der Waals surface area contributed by atoms with Crippen LogP contribution in [0.1, 0.15) is 38.5 Å². The first-order chi connectivity index (χ1) is 8.78. The highest BCUT2D eigenvalue weighted by molar-refractivity contribution is 5.50. The van der Waals surface area contributed by atoms with E-state index in [1.54, 1.807) is 6.07 Å². The van der Waals surface area contributed by atoms with Crippen LogP contribution in [0.4, 0.5) is 17.6 Å². The highest BCUT2D eigenvalue weighted by Crippen LogP contribution is 2.26. The number of nitrogens with one attached hydrogen (secondary N) is 2. The number of rotatable bonds is 5. The number of nitrogens with two attached hydrogens (primary N) is 2. The van der Waals surface area contributed by atoms with Gasteiger partial charge in [-0.25, -0.2) is 5.84 Å². The lowest BCUT2D eigenvalue weighted by Gasteiger charge is -2.21. The van der Waals surface area contributed by atoms with Gasteiger partial charge in [0.15, 0.2) is 0 Å². The summed E-state index contributed by atoms with van der Waals surface area (Å²) in [7, 11) is 0. The number of nitrogens with zero attached hydrogens (tertiary/aromatic N) is 2. The molecule has 100 valence electrons. The van der Waals surface area contributed by atoms with E-state index in [-0.39, 0.29) is 5.95 Å². The van der Waals surface area contributed by atoms with Crippen LogP contribution in [0, 0.1) is 5.92 Å². The molecular formula is C12H22N6. The van der Waals surface area contributed by atoms with Gasteiger partial charge in [-0.3, -0.25) is 0 Å². The highest BCUT2D eigenvalue weighted by atomic mass is 15.3. The lowest BCUT2D eigenvalue weighted by Crippen LogP contribution is -2.14. The molecule has 1 aliphatic rings. The summed E-state index contributed by atoms with van der Waals surface area (Å²) in [4.78, 5) is 8.07. The molecule has 1 aliphatic carbocycles. The van der Waals surface area contributed by atoms with E-state index in [2.05, 4.69) is 20.7 Å². The Balaban J connectivity index is 1.80. The van der Waals surface area contributed by atoms with Crippen molar-refractivity contribution in [2.75, 3.05) is 23.0 Å². The minimum absolute atomic E-state index is 0.227. The minimum Gasteiger partial charge on any atom is -0.370 e. The van der Waals surface area contributed by atoms with Crippen LogP contribution in [0.2, 0.25) is 0 Å². The largest absolute Gasteiger partial charge is 0.370 e. The van der Waals surface area contributed by atoms with E-state index in [0.717, 1.165) is 18.3 Å². The molecule has 2 rings (SSSR count). The van der Waals surface area contributed by atoms with Crippen molar-refractivity contribution in [3.63, 3.8) is 0 Å². The van der Waals surface area contributed by atoms with Gasteiger partial charge in [0, 0.05) is 12.6 Å². The van der Waals surface area contributed by atoms with Crippen LogP contribution in [-0.2, 0) is 0 Å². The van der Waals surface area contributed by atoms with E-state index >= 15 is 0 Å². The molecule has 6 N–H and O–H groups in total. The van der Waals surface area contributed by atoms with Gasteiger partial charge in [-0.1, -0.05) is 32.1 Å². The van der Waals surface area contributed by atoms with E-state index < -0.39 is 0 Å². The van der Waals surface area contributed by atoms with Gasteiger partial charge < -0.3 is 16.5 Å². The summed E-state index contributed by atoms with van der Waals surface area (Å²) in [6, 6.07) is 1.76. The van der Waals surface area contributed by atoms with Gasteiger partial charge in [0.1, 0.15) is 11.6 Å². The zero-order valence-corrected chi connectivity index (χ0v) is 10.7. The molecule has 0 spiro atoms. The average Bonchev–Trinajstić information content (AvgIpc) is 2.39. The number of hydrogen-bond donors (Lipinski definition) is 4. The highest BCUT2D eigenvalue weighted by Gasteiger charge is 2.12. The Bertz CT molecular complexity index is 375. The number of hydrazine groups is 1. The van der Waals surface area contributed by atoms with Crippen molar-refractivity contribution in [1.29, 1.82) is 0 Å². The first kappa shape index (κ1) is 12.9. The molecule has 0 unspecified atom stereocenters. The van der Waals surface area contributed by atoms with Gasteiger partial charge in [0.05, 0.1) is 0 Å². The van der Waals surface area contributed by atoms with Gasteiger partial charge in [0.25, 0.3) is 0 Å². The van der Waals surface area contributed by atoms with Gasteiger partial charge in [-0.2, -0.15) is 9.97 Å². The SMILES string of the molecule is NNc1cc(NCCC2CCCCC2)nc(N)n1. The molecule has 0 radical (unpaired) electrons. The van der Waals surface area contributed by atoms with E-state index in [9.17, 15) is 0 Å². The van der Waals surface area contributed by atoms with Gasteiger partial charge in [0.2, 0.25) is 5.95 Å². The third kappa shape index (κ3) is 3.73. The molecular weight excluding hydrogens is 228 g/mol. The Kier molecular flexibility index (Phi) is 4.58. The molecule has 6 nitrogen and oxygen atoms in total. The summed E-state index contributed by atoms with van der Waals surface area (Å²) < 4.78 is 0. The topological polar surface area (TPSA) is 102 Å². The Labute approximate surface area is 108 Å². The predicted molar refractivity (Wildman–Crippen MR) is 73.9 cm³/mol. The van der Waals surface area contributed by atoms with E-state index in [1.807, 2.05) is 0 Å². The predicted octanol–water partition coefficient (Wildman–Crippen LogP) is 1.73. The molecule has 1 fully saturated rings. The van der Waals surface area contributed by atoms with Crippen molar-refractivity contribution in [3.8, 4) is 0 Å². The summed E-state index contributed by atoms with van der Waals surface area (Å²) in [6.45, 7) is 0.922. The number of hydrogen-bond acceptors (Lipinski definition) is 6. The Morgan fingerprint density at radius 3 is 2.61 bits per heavy atom. The number of nitrogen functional groups attached to an aromatic ring is 2. The van der Waals surface area contributed by atoms with Crippen LogP contribution in [0.3, 0.4) is 0 Å². The van der Waals surface area contributed by atoms with Gasteiger partial charge >= 0.3 is 0 Å². The lowest BCUT2D eigenvalue weighted by molar-refractivity contribution is 0.345. The van der Waals surface area contributed by atoms with E-state index in [0.29, 0.717) is 5.82 Å². The fourth-order valence-electron chi connectivity index (χ4n) is 2.51. The van der Waals surface area contributed by atoms with Crippen LogP contribution < -0.4 is 22.3 Å². The maximum Gasteiger partial charge on any atom is 0.223 e. The average molecular weight is 250 g/mol. The zero-order valence-electron chi connectivity index (χ0n) is 10.7. The second-order valence-corrected chi connectivity index (χ2v) is 4.86. The van der Waals surface area contributed by atoms with Crippen LogP contribution in [0.25, 0.3) is 0 Å². The second-order valence-electron chi connectivity index (χ2n) is 4.86. The summed E-state index contributed by atoms with van der Waals surface area (Å²) in [5, 5.41) is 3.28. The molecule has 18 heavy (non-hydrogen) atoms. The first-order valence-corrected chi connectivity index (χ1v) is 6.63. The first-order valence-electron chi connectivity index (χ1n) is 6.63. The van der Waals surface area contributed by atoms with Crippen molar-refractivity contribution >= 4 is 17.6 Å². The third-order valence-electron chi connectivity index (χ3n) is 3.47. The molecule has 1 aromatic rings. The zero-order chi connectivity index (χ0) is 12.8. The Morgan fingerprint density at radius 1 is 1.17 bits per heavy atom. The summed E-state index contributed by atoms with van der Waals surface area (Å²) in [5.74, 6) is 7.65. The monoisotopic (exact) mass is 250 g/mol. The van der Waals surface area contributed by atoms with Gasteiger partial charge in [-0.15, -0.1) is 0 Å². The van der Waals surface area contributed by atoms with Crippen LogP contribution in [0.5, 0.6) is 0 Å². The lowest BCUT2D eigenvalue weighted by atomic mass is 9.87. The van der Waals surface area contributed by atoms with E-state index in [4.69, 9.17) is 11.6 Å². The summed E-state index contributed by atoms with van der Waals surface area (Å²) >= 11 is 0. The second kappa shape index (κ2) is 6.39. The maximum absolute atomic E-state index is 5.59. The summed E-state index contributed by atoms with van der Waals surface area (Å²) in [6.07, 6.45) is 8.08. The van der Waals surface area contributed by atoms with Gasteiger partial charge in [-0.05, 0) is 12.3 Å². The fourth-order valence-corrected chi connectivity index (χ4v) is 2.51. The van der Waals surface area contributed by atoms with Crippen molar-refractivity contribution in [1.82, 2.24) is 9.97 Å². The smallest absolute Gasteiger partial charge is 0.223 e. The molecule has 0 atom stereocenters. The van der Waals surface area contributed by atoms with Crippen molar-refractivity contribution in [2.45, 2.75) is 38.5 Å². The van der Waals surface area contributed by atoms with Crippen molar-refractivity contribution in [3.05, 3.63) is 6.07 Å². The molecule has 0 amide bonds. The van der Waals surface area contributed by atoms with Crippen molar-refractivity contribution in [2.24, 2.45) is 11.8 Å². The Morgan fingerprint density at radius 2 is 1.89 bits per heavy atom. The molecule has 1 aromatic heterocycles. The van der Waals surface area contributed by atoms with Crippen LogP contribution in [0.15, 0.2) is 6.07 Å². The van der Waals surface area contributed by atoms with Crippen LogP contribution in [-0.4, -0.2) is 16.5 Å². The molecule has 6 heteroatoms. The maximum atomic E-state index is 5.59. The molecule has 0 aliphatic heterocycles. The molecule has 0 saturated heterocycles. The minimum atomic E-state index is 0.227. The third-order valence-corrected chi connectivity index (χ3v) is 3.47. The molecule has 1 heterocycles. The van der Waals surface area contributed by atoms with E-state index in [1.165, 1.54) is 38.5 Å². The number of aromatic nitrogens is 2. The Hall–Kier alpha value is -1.56. The quantitative estimate of drug-likeness (QED) is 0.469. The normalized spacial score (nSPS) is 16.5. The van der Waals surface area contributed by atoms with Crippen molar-refractivity contribution < 1.29 is 0 Å². The van der Waals surface area contributed by atoms with Crippen LogP contribution >= 0.6 is 0 Å². The molecule has 1 saturated carbocycles. The fraction of sp³-hybridized carbons (Fsp3) is 0.667. The molecule has 0 bridgehead atoms.